The summed E-state index contributed by atoms with van der Waals surface area (Å²) in [5.41, 5.74) is 1.90. The van der Waals surface area contributed by atoms with Crippen molar-refractivity contribution in [1.82, 2.24) is 0 Å². The fourth-order valence-corrected chi connectivity index (χ4v) is 4.49. The van der Waals surface area contributed by atoms with Gasteiger partial charge in [0.25, 0.3) is 0 Å². The molecular formula is C22H17Br2O6P. The number of carboxylic acids is 1. The SMILES string of the molecule is CC(O)(P=O)c1cc(Br)c(Oc2ccc(O)c(Cc3cccc(C(=O)O)c3)c2)c(Br)c1. The summed E-state index contributed by atoms with van der Waals surface area (Å²) in [7, 11) is -0.432. The van der Waals surface area contributed by atoms with Gasteiger partial charge in [-0.05, 0) is 92.4 Å². The Hall–Kier alpha value is -2.25. The number of aromatic carboxylic acids is 1. The molecule has 1 atom stereocenters. The molecule has 0 aromatic heterocycles. The van der Waals surface area contributed by atoms with Crippen LogP contribution >= 0.6 is 40.3 Å². The summed E-state index contributed by atoms with van der Waals surface area (Å²) in [6.07, 6.45) is 0.316. The Morgan fingerprint density at radius 3 is 2.39 bits per heavy atom. The lowest BCUT2D eigenvalue weighted by atomic mass is 10.0. The van der Waals surface area contributed by atoms with Crippen LogP contribution in [0.3, 0.4) is 0 Å². The minimum Gasteiger partial charge on any atom is -0.508 e. The van der Waals surface area contributed by atoms with E-state index in [4.69, 9.17) is 9.84 Å². The van der Waals surface area contributed by atoms with E-state index in [0.717, 1.165) is 5.56 Å². The average Bonchev–Trinajstić information content (AvgIpc) is 2.73. The Labute approximate surface area is 197 Å². The van der Waals surface area contributed by atoms with Gasteiger partial charge in [0.05, 0.1) is 14.5 Å². The third-order valence-corrected chi connectivity index (χ3v) is 6.35. The lowest BCUT2D eigenvalue weighted by Gasteiger charge is -2.18. The zero-order chi connectivity index (χ0) is 22.8. The molecule has 0 aliphatic carbocycles. The van der Waals surface area contributed by atoms with Crippen molar-refractivity contribution >= 4 is 46.3 Å². The van der Waals surface area contributed by atoms with Crippen LogP contribution in [-0.2, 0) is 16.3 Å². The number of rotatable bonds is 7. The van der Waals surface area contributed by atoms with Gasteiger partial charge >= 0.3 is 5.97 Å². The molecule has 3 rings (SSSR count). The first-order valence-electron chi connectivity index (χ1n) is 8.99. The first-order valence-corrected chi connectivity index (χ1v) is 11.4. The molecule has 3 N–H and O–H groups in total. The van der Waals surface area contributed by atoms with E-state index in [-0.39, 0.29) is 11.3 Å². The highest BCUT2D eigenvalue weighted by Crippen LogP contribution is 2.43. The van der Waals surface area contributed by atoms with Crippen LogP contribution < -0.4 is 4.74 Å². The quantitative estimate of drug-likeness (QED) is 0.283. The Bertz CT molecular complexity index is 1140. The Morgan fingerprint density at radius 2 is 1.77 bits per heavy atom. The van der Waals surface area contributed by atoms with Crippen molar-refractivity contribution in [2.45, 2.75) is 18.7 Å². The number of carboxylic acid groups (broad SMARTS) is 1. The predicted octanol–water partition coefficient (Wildman–Crippen LogP) is 6.46. The third kappa shape index (κ3) is 5.52. The van der Waals surface area contributed by atoms with Gasteiger partial charge in [-0.15, -0.1) is 0 Å². The van der Waals surface area contributed by atoms with Crippen molar-refractivity contribution in [2.75, 3.05) is 0 Å². The maximum absolute atomic E-state index is 11.2. The van der Waals surface area contributed by atoms with Crippen LogP contribution in [0.5, 0.6) is 17.2 Å². The van der Waals surface area contributed by atoms with Crippen LogP contribution in [0.25, 0.3) is 0 Å². The molecule has 160 valence electrons. The molecule has 0 bridgehead atoms. The molecule has 0 radical (unpaired) electrons. The lowest BCUT2D eigenvalue weighted by Crippen LogP contribution is -2.12. The molecule has 31 heavy (non-hydrogen) atoms. The summed E-state index contributed by atoms with van der Waals surface area (Å²) in [5.74, 6) is -0.0690. The average molecular weight is 568 g/mol. The molecule has 3 aromatic carbocycles. The van der Waals surface area contributed by atoms with Crippen LogP contribution in [0, 0.1) is 0 Å². The van der Waals surface area contributed by atoms with Crippen molar-refractivity contribution in [3.8, 4) is 17.2 Å². The molecule has 1 unspecified atom stereocenters. The molecule has 0 fully saturated rings. The summed E-state index contributed by atoms with van der Waals surface area (Å²) < 4.78 is 18.3. The molecule has 0 heterocycles. The Morgan fingerprint density at radius 1 is 1.10 bits per heavy atom. The van der Waals surface area contributed by atoms with E-state index >= 15 is 0 Å². The highest BCUT2D eigenvalue weighted by atomic mass is 79.9. The fourth-order valence-electron chi connectivity index (χ4n) is 2.90. The number of carbonyl (C=O) groups is 1. The lowest BCUT2D eigenvalue weighted by molar-refractivity contribution is 0.0696. The summed E-state index contributed by atoms with van der Waals surface area (Å²) in [4.78, 5) is 11.2. The third-order valence-electron chi connectivity index (χ3n) is 4.56. The molecule has 0 aliphatic heterocycles. The standard InChI is InChI=1S/C22H17Br2O6P/c1-22(28,31-29)15-10-17(23)20(18(24)11-15)30-16-5-6-19(25)14(9-16)8-12-3-2-4-13(7-12)21(26)27/h2-7,9-11,25,28H,8H2,1H3,(H,26,27). The van der Waals surface area contributed by atoms with E-state index in [2.05, 4.69) is 31.9 Å². The van der Waals surface area contributed by atoms with Gasteiger partial charge in [0.2, 0.25) is 0 Å². The van der Waals surface area contributed by atoms with E-state index in [1.807, 2.05) is 0 Å². The predicted molar refractivity (Wildman–Crippen MR) is 123 cm³/mol. The molecule has 3 aromatic rings. The maximum atomic E-state index is 11.2. The number of aliphatic hydroxyl groups is 1. The molecular weight excluding hydrogens is 551 g/mol. The maximum Gasteiger partial charge on any atom is 0.335 e. The van der Waals surface area contributed by atoms with Crippen LogP contribution in [0.4, 0.5) is 0 Å². The number of hydrogen-bond donors (Lipinski definition) is 3. The number of phenolic OH excluding ortho intramolecular Hbond substituents is 1. The number of hydrogen-bond acceptors (Lipinski definition) is 5. The monoisotopic (exact) mass is 566 g/mol. The summed E-state index contributed by atoms with van der Waals surface area (Å²) >= 11 is 6.82. The second-order valence-electron chi connectivity index (χ2n) is 6.96. The largest absolute Gasteiger partial charge is 0.508 e. The number of halogens is 2. The van der Waals surface area contributed by atoms with Gasteiger partial charge in [0.1, 0.15) is 11.5 Å². The van der Waals surface area contributed by atoms with E-state index < -0.39 is 19.8 Å². The topological polar surface area (TPSA) is 104 Å². The fraction of sp³-hybridized carbons (Fsp3) is 0.136. The van der Waals surface area contributed by atoms with Crippen LogP contribution in [0.15, 0.2) is 63.5 Å². The van der Waals surface area contributed by atoms with Crippen molar-refractivity contribution in [2.24, 2.45) is 0 Å². The van der Waals surface area contributed by atoms with E-state index in [1.165, 1.54) is 19.1 Å². The minimum atomic E-state index is -1.54. The number of ether oxygens (including phenoxy) is 1. The van der Waals surface area contributed by atoms with Gasteiger partial charge in [-0.2, -0.15) is 0 Å². The van der Waals surface area contributed by atoms with Gasteiger partial charge in [0.15, 0.2) is 19.6 Å². The molecule has 0 saturated heterocycles. The van der Waals surface area contributed by atoms with Crippen molar-refractivity contribution < 1.29 is 29.4 Å². The minimum absolute atomic E-state index is 0.0621. The molecule has 0 saturated carbocycles. The van der Waals surface area contributed by atoms with E-state index in [0.29, 0.717) is 38.0 Å². The van der Waals surface area contributed by atoms with Crippen molar-refractivity contribution in [3.63, 3.8) is 0 Å². The summed E-state index contributed by atoms with van der Waals surface area (Å²) in [6, 6.07) is 14.5. The molecule has 0 spiro atoms. The number of benzene rings is 3. The first-order chi connectivity index (χ1) is 14.6. The van der Waals surface area contributed by atoms with E-state index in [1.54, 1.807) is 42.5 Å². The summed E-state index contributed by atoms with van der Waals surface area (Å²) in [5, 5.41) is 28.1. The Balaban J connectivity index is 1.90. The van der Waals surface area contributed by atoms with Gasteiger partial charge in [-0.1, -0.05) is 12.1 Å². The normalized spacial score (nSPS) is 13.0. The van der Waals surface area contributed by atoms with Crippen LogP contribution in [0.2, 0.25) is 0 Å². The highest BCUT2D eigenvalue weighted by molar-refractivity contribution is 9.11. The molecule has 9 heteroatoms. The van der Waals surface area contributed by atoms with Crippen LogP contribution in [-0.4, -0.2) is 21.3 Å². The molecule has 0 amide bonds. The van der Waals surface area contributed by atoms with Gasteiger partial charge in [0, 0.05) is 12.0 Å². The van der Waals surface area contributed by atoms with Gasteiger partial charge in [-0.25, -0.2) is 4.79 Å². The number of aromatic hydroxyl groups is 1. The molecule has 6 nitrogen and oxygen atoms in total. The molecule has 0 aliphatic rings. The van der Waals surface area contributed by atoms with Crippen molar-refractivity contribution in [1.29, 1.82) is 0 Å². The Kier molecular flexibility index (Phi) is 7.17. The van der Waals surface area contributed by atoms with E-state index in [9.17, 15) is 19.6 Å². The first kappa shape index (κ1) is 23.4. The van der Waals surface area contributed by atoms with Crippen molar-refractivity contribution in [3.05, 3.63) is 85.8 Å². The van der Waals surface area contributed by atoms with Gasteiger partial charge < -0.3 is 20.1 Å². The second kappa shape index (κ2) is 9.49. The van der Waals surface area contributed by atoms with Crippen LogP contribution in [0.1, 0.15) is 34.0 Å². The second-order valence-corrected chi connectivity index (χ2v) is 9.72. The smallest absolute Gasteiger partial charge is 0.335 e. The zero-order valence-electron chi connectivity index (χ0n) is 16.2. The zero-order valence-corrected chi connectivity index (χ0v) is 20.2. The number of phenols is 1. The summed E-state index contributed by atoms with van der Waals surface area (Å²) in [6.45, 7) is 1.43. The van der Waals surface area contributed by atoms with Gasteiger partial charge in [-0.3, -0.25) is 4.57 Å². The highest BCUT2D eigenvalue weighted by Gasteiger charge is 2.26.